The van der Waals surface area contributed by atoms with Gasteiger partial charge in [0, 0.05) is 50.6 Å². The van der Waals surface area contributed by atoms with Gasteiger partial charge in [-0.2, -0.15) is 0 Å². The third-order valence-corrected chi connectivity index (χ3v) is 14.4. The quantitative estimate of drug-likeness (QED) is 0.121. The molecular formula is C72H51N3. The minimum absolute atomic E-state index is 1.03. The Morgan fingerprint density at radius 2 is 0.493 bits per heavy atom. The highest BCUT2D eigenvalue weighted by Gasteiger charge is 2.22. The molecule has 0 saturated carbocycles. The topological polar surface area (TPSA) is 11.4 Å². The molecule has 0 bridgehead atoms. The Hall–Kier alpha value is -9.96. The molecule has 0 aliphatic carbocycles. The van der Waals surface area contributed by atoms with Crippen molar-refractivity contribution in [3.05, 3.63) is 309 Å². The van der Waals surface area contributed by atoms with E-state index in [9.17, 15) is 0 Å². The van der Waals surface area contributed by atoms with Gasteiger partial charge in [0.15, 0.2) is 0 Å². The first-order valence-electron chi connectivity index (χ1n) is 25.6. The van der Waals surface area contributed by atoms with Crippen molar-refractivity contribution in [3.63, 3.8) is 0 Å². The largest absolute Gasteiger partial charge is 0.310 e. The van der Waals surface area contributed by atoms with Gasteiger partial charge >= 0.3 is 0 Å². The van der Waals surface area contributed by atoms with E-state index in [4.69, 9.17) is 0 Å². The van der Waals surface area contributed by atoms with Crippen LogP contribution in [0.5, 0.6) is 0 Å². The van der Waals surface area contributed by atoms with Gasteiger partial charge in [0.2, 0.25) is 0 Å². The second-order valence-corrected chi connectivity index (χ2v) is 19.0. The maximum absolute atomic E-state index is 2.41. The molecule has 1 aromatic heterocycles. The van der Waals surface area contributed by atoms with Crippen LogP contribution in [0.25, 0.3) is 83.1 Å². The number of hydrogen-bond donors (Lipinski definition) is 0. The van der Waals surface area contributed by atoms with Crippen LogP contribution in [0.1, 0.15) is 0 Å². The average molecular weight is 958 g/mol. The van der Waals surface area contributed by atoms with Crippen molar-refractivity contribution in [2.24, 2.45) is 0 Å². The summed E-state index contributed by atoms with van der Waals surface area (Å²) >= 11 is 0. The molecule has 13 rings (SSSR count). The monoisotopic (exact) mass is 957 g/mol. The predicted octanol–water partition coefficient (Wildman–Crippen LogP) is 20.1. The molecule has 75 heavy (non-hydrogen) atoms. The maximum Gasteiger partial charge on any atom is 0.0547 e. The molecule has 1 heterocycles. The lowest BCUT2D eigenvalue weighted by molar-refractivity contribution is 1.18. The van der Waals surface area contributed by atoms with Crippen LogP contribution in [0, 0.1) is 0 Å². The highest BCUT2D eigenvalue weighted by Crippen LogP contribution is 2.45. The normalized spacial score (nSPS) is 11.2. The number of rotatable bonds is 12. The number of hydrogen-bond acceptors (Lipinski definition) is 2. The number of nitrogens with zero attached hydrogens (tertiary/aromatic N) is 3. The zero-order valence-corrected chi connectivity index (χ0v) is 41.3. The van der Waals surface area contributed by atoms with Crippen LogP contribution in [0.15, 0.2) is 309 Å². The van der Waals surface area contributed by atoms with Crippen LogP contribution < -0.4 is 9.80 Å². The summed E-state index contributed by atoms with van der Waals surface area (Å²) in [7, 11) is 0. The van der Waals surface area contributed by atoms with Gasteiger partial charge in [-0.3, -0.25) is 0 Å². The fourth-order valence-electron chi connectivity index (χ4n) is 10.7. The fourth-order valence-corrected chi connectivity index (χ4v) is 10.7. The number of anilines is 6. The molecule has 0 atom stereocenters. The first-order chi connectivity index (χ1) is 37.2. The molecule has 0 fully saturated rings. The summed E-state index contributed by atoms with van der Waals surface area (Å²) in [6.07, 6.45) is 0. The number of aromatic nitrogens is 1. The Kier molecular flexibility index (Phi) is 11.9. The Balaban J connectivity index is 1.05. The number of para-hydroxylation sites is 2. The summed E-state index contributed by atoms with van der Waals surface area (Å²) in [5.41, 5.74) is 21.3. The first-order valence-corrected chi connectivity index (χ1v) is 25.6. The Morgan fingerprint density at radius 1 is 0.187 bits per heavy atom. The van der Waals surface area contributed by atoms with E-state index in [1.54, 1.807) is 0 Å². The fraction of sp³-hybridized carbons (Fsp3) is 0. The van der Waals surface area contributed by atoms with Crippen molar-refractivity contribution >= 4 is 55.9 Å². The Morgan fingerprint density at radius 3 is 0.880 bits per heavy atom. The van der Waals surface area contributed by atoms with Crippen molar-refractivity contribution in [3.8, 4) is 61.3 Å². The second kappa shape index (κ2) is 19.9. The van der Waals surface area contributed by atoms with E-state index >= 15 is 0 Å². The van der Waals surface area contributed by atoms with Gasteiger partial charge in [0.1, 0.15) is 0 Å². The second-order valence-electron chi connectivity index (χ2n) is 19.0. The molecular weight excluding hydrogens is 907 g/mol. The van der Waals surface area contributed by atoms with Crippen molar-refractivity contribution in [1.29, 1.82) is 0 Å². The van der Waals surface area contributed by atoms with Crippen LogP contribution >= 0.6 is 0 Å². The molecule has 354 valence electrons. The van der Waals surface area contributed by atoms with E-state index in [0.717, 1.165) is 56.5 Å². The minimum Gasteiger partial charge on any atom is -0.310 e. The van der Waals surface area contributed by atoms with Crippen LogP contribution in [-0.4, -0.2) is 4.57 Å². The van der Waals surface area contributed by atoms with Crippen LogP contribution in [0.2, 0.25) is 0 Å². The third kappa shape index (κ3) is 8.94. The van der Waals surface area contributed by atoms with Crippen molar-refractivity contribution in [2.45, 2.75) is 0 Å². The van der Waals surface area contributed by atoms with Gasteiger partial charge in [-0.15, -0.1) is 0 Å². The summed E-state index contributed by atoms with van der Waals surface area (Å²) in [6, 6.07) is 112. The standard InChI is InChI=1S/C72H51N3/c1-6-18-52(19-7-1)56-30-39-63(40-31-56)73(64-41-32-57(33-42-64)53-20-8-2-9-21-53)67-48-61(60-38-47-70-69-28-16-17-29-71(69)75(72(70)50-60)62-26-14-5-15-27-62)49-68(51-67)74(65-43-34-58(35-44-65)54-22-10-3-11-23-54)66-45-36-59(37-46-66)55-24-12-4-13-25-55/h1-51H. The molecule has 0 saturated heterocycles. The van der Waals surface area contributed by atoms with Crippen LogP contribution in [-0.2, 0) is 0 Å². The molecule has 0 amide bonds. The van der Waals surface area contributed by atoms with Crippen LogP contribution in [0.3, 0.4) is 0 Å². The van der Waals surface area contributed by atoms with Gasteiger partial charge in [-0.1, -0.05) is 218 Å². The Labute approximate surface area is 438 Å². The summed E-state index contributed by atoms with van der Waals surface area (Å²) < 4.78 is 2.41. The lowest BCUT2D eigenvalue weighted by atomic mass is 9.99. The molecule has 13 aromatic rings. The van der Waals surface area contributed by atoms with Crippen molar-refractivity contribution in [1.82, 2.24) is 4.57 Å². The SMILES string of the molecule is c1ccc(-c2ccc(N(c3ccc(-c4ccccc4)cc3)c3cc(-c4ccc5c6ccccc6n(-c6ccccc6)c5c4)cc(N(c4ccc(-c5ccccc5)cc4)c4ccc(-c5ccccc5)cc4)c3)cc2)cc1. The minimum atomic E-state index is 1.03. The van der Waals surface area contributed by atoms with E-state index in [1.807, 2.05) is 0 Å². The van der Waals surface area contributed by atoms with Gasteiger partial charge in [-0.25, -0.2) is 0 Å². The lowest BCUT2D eigenvalue weighted by Gasteiger charge is -2.31. The molecule has 12 aromatic carbocycles. The summed E-state index contributed by atoms with van der Waals surface area (Å²) in [5, 5.41) is 2.44. The van der Waals surface area contributed by atoms with Gasteiger partial charge < -0.3 is 14.4 Å². The molecule has 0 aliphatic heterocycles. The van der Waals surface area contributed by atoms with Crippen molar-refractivity contribution < 1.29 is 0 Å². The van der Waals surface area contributed by atoms with Gasteiger partial charge in [0.25, 0.3) is 0 Å². The molecule has 0 spiro atoms. The summed E-state index contributed by atoms with van der Waals surface area (Å²) in [4.78, 5) is 4.82. The zero-order chi connectivity index (χ0) is 49.9. The highest BCUT2D eigenvalue weighted by atomic mass is 15.2. The molecule has 0 N–H and O–H groups in total. The number of fused-ring (bicyclic) bond motifs is 3. The summed E-state index contributed by atoms with van der Waals surface area (Å²) in [5.74, 6) is 0. The molecule has 0 radical (unpaired) electrons. The zero-order valence-electron chi connectivity index (χ0n) is 41.3. The van der Waals surface area contributed by atoms with Gasteiger partial charge in [0.05, 0.1) is 11.0 Å². The predicted molar refractivity (Wildman–Crippen MR) is 317 cm³/mol. The van der Waals surface area contributed by atoms with E-state index in [2.05, 4.69) is 324 Å². The maximum atomic E-state index is 2.41. The lowest BCUT2D eigenvalue weighted by Crippen LogP contribution is -2.13. The highest BCUT2D eigenvalue weighted by molar-refractivity contribution is 6.10. The molecule has 3 heteroatoms. The van der Waals surface area contributed by atoms with E-state index < -0.39 is 0 Å². The van der Waals surface area contributed by atoms with Gasteiger partial charge in [-0.05, 0) is 147 Å². The first kappa shape index (κ1) is 44.9. The van der Waals surface area contributed by atoms with E-state index in [1.165, 1.54) is 60.8 Å². The summed E-state index contributed by atoms with van der Waals surface area (Å²) in [6.45, 7) is 0. The average Bonchev–Trinajstić information content (AvgIpc) is 3.83. The van der Waals surface area contributed by atoms with E-state index in [0.29, 0.717) is 0 Å². The van der Waals surface area contributed by atoms with Crippen LogP contribution in [0.4, 0.5) is 34.1 Å². The van der Waals surface area contributed by atoms with Crippen molar-refractivity contribution in [2.75, 3.05) is 9.80 Å². The number of benzene rings is 12. The van der Waals surface area contributed by atoms with E-state index in [-0.39, 0.29) is 0 Å². The smallest absolute Gasteiger partial charge is 0.0547 e. The third-order valence-electron chi connectivity index (χ3n) is 14.4. The molecule has 0 unspecified atom stereocenters. The molecule has 0 aliphatic rings. The Bertz CT molecular complexity index is 3690. The molecule has 3 nitrogen and oxygen atoms in total.